The molecule has 0 radical (unpaired) electrons. The van der Waals surface area contributed by atoms with Gasteiger partial charge < -0.3 is 10.4 Å². The molecule has 5 nitrogen and oxygen atoms in total. The molecule has 3 rings (SSSR count). The molecule has 0 saturated carbocycles. The van der Waals surface area contributed by atoms with Crippen LogP contribution < -0.4 is 5.32 Å². The zero-order chi connectivity index (χ0) is 17.8. The number of rotatable bonds is 8. The minimum atomic E-state index is -0.209. The quantitative estimate of drug-likeness (QED) is 0.571. The maximum Gasteiger partial charge on any atom is 0.261 e. The number of hydrogen-bond acceptors (Lipinski definition) is 4. The van der Waals surface area contributed by atoms with Gasteiger partial charge in [-0.15, -0.1) is 0 Å². The number of aliphatic hydroxyl groups excluding tert-OH is 1. The number of carbonyl (C=O) groups excluding carboxylic acids is 2. The molecular formula is C20H24N2O3. The van der Waals surface area contributed by atoms with Gasteiger partial charge in [-0.1, -0.05) is 38.3 Å². The van der Waals surface area contributed by atoms with Gasteiger partial charge in [0.15, 0.2) is 0 Å². The molecule has 5 heteroatoms. The standard InChI is InChI=1S/C20H24N2O3/c1-2-3-4-5-12-22-19(24)15-8-6-7-14-17(21-11-13-23)10-9-16(18(14)15)20(22)25/h6-10,21,23H,2-5,11-13H2,1H3. The zero-order valence-corrected chi connectivity index (χ0v) is 14.5. The maximum absolute atomic E-state index is 12.8. The van der Waals surface area contributed by atoms with Crippen molar-refractivity contribution in [2.75, 3.05) is 25.0 Å². The Kier molecular flexibility index (Phi) is 5.34. The number of aliphatic hydroxyl groups is 1. The largest absolute Gasteiger partial charge is 0.395 e. The summed E-state index contributed by atoms with van der Waals surface area (Å²) in [5.74, 6) is -0.419. The molecule has 2 aromatic rings. The molecule has 2 N–H and O–H groups in total. The molecule has 1 heterocycles. The number of unbranched alkanes of at least 4 members (excludes halogenated alkanes) is 3. The first-order valence-corrected chi connectivity index (χ1v) is 8.95. The van der Waals surface area contributed by atoms with E-state index in [1.807, 2.05) is 18.2 Å². The summed E-state index contributed by atoms with van der Waals surface area (Å²) in [5.41, 5.74) is 1.98. The number of amides is 2. The number of imide groups is 1. The molecule has 0 saturated heterocycles. The van der Waals surface area contributed by atoms with Crippen LogP contribution >= 0.6 is 0 Å². The lowest BCUT2D eigenvalue weighted by molar-refractivity contribution is 0.0608. The Bertz CT molecular complexity index is 779. The molecule has 2 aromatic carbocycles. The third-order valence-corrected chi connectivity index (χ3v) is 4.65. The van der Waals surface area contributed by atoms with Gasteiger partial charge in [-0.05, 0) is 24.6 Å². The van der Waals surface area contributed by atoms with Crippen LogP contribution in [0.3, 0.4) is 0 Å². The summed E-state index contributed by atoms with van der Waals surface area (Å²) in [6.45, 7) is 3.05. The van der Waals surface area contributed by atoms with Crippen molar-refractivity contribution in [3.8, 4) is 0 Å². The van der Waals surface area contributed by atoms with Crippen molar-refractivity contribution in [1.82, 2.24) is 4.90 Å². The SMILES string of the molecule is CCCCCCN1C(=O)c2cccc3c(NCCO)ccc(c23)C1=O. The molecule has 0 aliphatic carbocycles. The van der Waals surface area contributed by atoms with Crippen molar-refractivity contribution >= 4 is 28.3 Å². The lowest BCUT2D eigenvalue weighted by Gasteiger charge is -2.28. The Morgan fingerprint density at radius 3 is 2.48 bits per heavy atom. The van der Waals surface area contributed by atoms with Crippen LogP contribution in [0, 0.1) is 0 Å². The highest BCUT2D eigenvalue weighted by molar-refractivity contribution is 6.26. The predicted molar refractivity (Wildman–Crippen MR) is 99.0 cm³/mol. The van der Waals surface area contributed by atoms with Gasteiger partial charge in [-0.3, -0.25) is 14.5 Å². The third kappa shape index (κ3) is 3.24. The van der Waals surface area contributed by atoms with E-state index in [1.54, 1.807) is 12.1 Å². The lowest BCUT2D eigenvalue weighted by Crippen LogP contribution is -2.40. The van der Waals surface area contributed by atoms with Gasteiger partial charge in [-0.2, -0.15) is 0 Å². The molecule has 0 atom stereocenters. The second-order valence-corrected chi connectivity index (χ2v) is 6.36. The molecule has 0 aromatic heterocycles. The van der Waals surface area contributed by atoms with Crippen molar-refractivity contribution in [2.45, 2.75) is 32.6 Å². The molecule has 25 heavy (non-hydrogen) atoms. The smallest absolute Gasteiger partial charge is 0.261 e. The van der Waals surface area contributed by atoms with E-state index in [9.17, 15) is 9.59 Å². The summed E-state index contributed by atoms with van der Waals surface area (Å²) in [4.78, 5) is 27.1. The molecule has 1 aliphatic rings. The summed E-state index contributed by atoms with van der Waals surface area (Å²) in [5, 5.41) is 13.7. The summed E-state index contributed by atoms with van der Waals surface area (Å²) < 4.78 is 0. The minimum absolute atomic E-state index is 0.0202. The summed E-state index contributed by atoms with van der Waals surface area (Å²) >= 11 is 0. The minimum Gasteiger partial charge on any atom is -0.395 e. The number of nitrogens with one attached hydrogen (secondary N) is 1. The monoisotopic (exact) mass is 340 g/mol. The first-order chi connectivity index (χ1) is 12.2. The summed E-state index contributed by atoms with van der Waals surface area (Å²) in [6.07, 6.45) is 4.09. The first kappa shape index (κ1) is 17.4. The van der Waals surface area contributed by atoms with Crippen LogP contribution in [0.25, 0.3) is 10.8 Å². The Hall–Kier alpha value is -2.40. The van der Waals surface area contributed by atoms with Gasteiger partial charge in [-0.25, -0.2) is 0 Å². The third-order valence-electron chi connectivity index (χ3n) is 4.65. The number of anilines is 1. The Balaban J connectivity index is 1.97. The average Bonchev–Trinajstić information content (AvgIpc) is 2.64. The van der Waals surface area contributed by atoms with E-state index in [-0.39, 0.29) is 18.4 Å². The highest BCUT2D eigenvalue weighted by Crippen LogP contribution is 2.34. The van der Waals surface area contributed by atoms with Crippen LogP contribution in [0.1, 0.15) is 53.3 Å². The molecule has 1 aliphatic heterocycles. The van der Waals surface area contributed by atoms with Crippen molar-refractivity contribution in [3.63, 3.8) is 0 Å². The zero-order valence-electron chi connectivity index (χ0n) is 14.5. The van der Waals surface area contributed by atoms with Crippen molar-refractivity contribution < 1.29 is 14.7 Å². The van der Waals surface area contributed by atoms with E-state index in [1.165, 1.54) is 4.90 Å². The topological polar surface area (TPSA) is 69.6 Å². The van der Waals surface area contributed by atoms with Gasteiger partial charge in [0.05, 0.1) is 6.61 Å². The normalized spacial score (nSPS) is 13.6. The summed E-state index contributed by atoms with van der Waals surface area (Å²) in [6, 6.07) is 9.16. The van der Waals surface area contributed by atoms with Crippen LogP contribution in [0.5, 0.6) is 0 Å². The molecule has 0 spiro atoms. The second kappa shape index (κ2) is 7.66. The van der Waals surface area contributed by atoms with Crippen molar-refractivity contribution in [3.05, 3.63) is 41.5 Å². The first-order valence-electron chi connectivity index (χ1n) is 8.95. The molecule has 0 unspecified atom stereocenters. The lowest BCUT2D eigenvalue weighted by atomic mass is 9.93. The molecule has 0 bridgehead atoms. The fourth-order valence-electron chi connectivity index (χ4n) is 3.39. The molecule has 0 fully saturated rings. The van der Waals surface area contributed by atoms with E-state index in [2.05, 4.69) is 12.2 Å². The highest BCUT2D eigenvalue weighted by atomic mass is 16.3. The van der Waals surface area contributed by atoms with E-state index in [0.717, 1.165) is 36.8 Å². The highest BCUT2D eigenvalue weighted by Gasteiger charge is 2.32. The molecular weight excluding hydrogens is 316 g/mol. The number of hydrogen-bond donors (Lipinski definition) is 2. The van der Waals surface area contributed by atoms with Crippen LogP contribution in [0.15, 0.2) is 30.3 Å². The van der Waals surface area contributed by atoms with Crippen LogP contribution in [-0.4, -0.2) is 41.5 Å². The fourth-order valence-corrected chi connectivity index (χ4v) is 3.39. The van der Waals surface area contributed by atoms with E-state index in [0.29, 0.717) is 29.6 Å². The number of nitrogens with zero attached hydrogens (tertiary/aromatic N) is 1. The van der Waals surface area contributed by atoms with Crippen LogP contribution in [-0.2, 0) is 0 Å². The maximum atomic E-state index is 12.8. The molecule has 2 amide bonds. The number of carbonyl (C=O) groups is 2. The van der Waals surface area contributed by atoms with Crippen LogP contribution in [0.4, 0.5) is 5.69 Å². The van der Waals surface area contributed by atoms with Gasteiger partial charge in [0.25, 0.3) is 11.8 Å². The van der Waals surface area contributed by atoms with Gasteiger partial charge >= 0.3 is 0 Å². The summed E-state index contributed by atoms with van der Waals surface area (Å²) in [7, 11) is 0. The van der Waals surface area contributed by atoms with Gasteiger partial charge in [0, 0.05) is 40.7 Å². The predicted octanol–water partition coefficient (Wildman–Crippen LogP) is 3.42. The van der Waals surface area contributed by atoms with E-state index in [4.69, 9.17) is 5.11 Å². The van der Waals surface area contributed by atoms with Gasteiger partial charge in [0.2, 0.25) is 0 Å². The van der Waals surface area contributed by atoms with E-state index < -0.39 is 0 Å². The van der Waals surface area contributed by atoms with Crippen molar-refractivity contribution in [1.29, 1.82) is 0 Å². The van der Waals surface area contributed by atoms with Crippen LogP contribution in [0.2, 0.25) is 0 Å². The molecule has 132 valence electrons. The average molecular weight is 340 g/mol. The van der Waals surface area contributed by atoms with E-state index >= 15 is 0 Å². The number of benzene rings is 2. The Labute approximate surface area is 147 Å². The second-order valence-electron chi connectivity index (χ2n) is 6.36. The Morgan fingerprint density at radius 2 is 1.76 bits per heavy atom. The fraction of sp³-hybridized carbons (Fsp3) is 0.400. The van der Waals surface area contributed by atoms with Crippen molar-refractivity contribution in [2.24, 2.45) is 0 Å². The Morgan fingerprint density at radius 1 is 1.00 bits per heavy atom. The van der Waals surface area contributed by atoms with Gasteiger partial charge in [0.1, 0.15) is 0 Å².